The molecule has 0 aliphatic heterocycles. The van der Waals surface area contributed by atoms with Gasteiger partial charge < -0.3 is 5.32 Å². The first-order valence-electron chi connectivity index (χ1n) is 3.38. The average molecular weight is 186 g/mol. The number of anilines is 1. The Balaban J connectivity index is 2.64. The Hall–Kier alpha value is -1.16. The van der Waals surface area contributed by atoms with Gasteiger partial charge in [-0.15, -0.1) is 16.7 Å². The van der Waals surface area contributed by atoms with Gasteiger partial charge in [-0.1, -0.05) is 0 Å². The largest absolute Gasteiger partial charge is 0.308 e. The van der Waals surface area contributed by atoms with Crippen LogP contribution in [0.2, 0.25) is 0 Å². The van der Waals surface area contributed by atoms with Crippen LogP contribution in [0.3, 0.4) is 0 Å². The van der Waals surface area contributed by atoms with Crippen LogP contribution < -0.4 is 5.32 Å². The van der Waals surface area contributed by atoms with Gasteiger partial charge in [0, 0.05) is 0 Å². The van der Waals surface area contributed by atoms with E-state index in [1.165, 1.54) is 0 Å². The molecule has 0 aliphatic rings. The fourth-order valence-electron chi connectivity index (χ4n) is 0.642. The van der Waals surface area contributed by atoms with Crippen molar-refractivity contribution in [3.63, 3.8) is 0 Å². The number of nitrogens with one attached hydrogen (secondary N) is 1. The molecule has 1 heterocycles. The summed E-state index contributed by atoms with van der Waals surface area (Å²) in [4.78, 5) is 10.8. The zero-order valence-electron chi connectivity index (χ0n) is 6.54. The first kappa shape index (κ1) is 8.93. The molecule has 1 amide bonds. The molecule has 0 saturated heterocycles. The van der Waals surface area contributed by atoms with Crippen molar-refractivity contribution in [2.24, 2.45) is 0 Å². The molecule has 1 aromatic heterocycles. The maximum Gasteiger partial charge on any atom is 0.240 e. The van der Waals surface area contributed by atoms with Crippen molar-refractivity contribution < 1.29 is 4.79 Å². The molecule has 0 unspecified atom stereocenters. The maximum atomic E-state index is 10.8. The molecule has 0 aromatic carbocycles. The molecule has 0 atom stereocenters. The number of rotatable bonds is 2. The van der Waals surface area contributed by atoms with E-state index in [2.05, 4.69) is 15.5 Å². The minimum Gasteiger partial charge on any atom is -0.308 e. The topological polar surface area (TPSA) is 54.9 Å². The van der Waals surface area contributed by atoms with Gasteiger partial charge in [-0.3, -0.25) is 4.79 Å². The minimum absolute atomic E-state index is 0.0739. The molecular formula is C7H8ClN3O. The summed E-state index contributed by atoms with van der Waals surface area (Å²) in [7, 11) is 0. The van der Waals surface area contributed by atoms with Crippen molar-refractivity contribution in [2.75, 3.05) is 11.2 Å². The van der Waals surface area contributed by atoms with Crippen LogP contribution in [-0.2, 0) is 4.79 Å². The SMILES string of the molecule is Cc1ccc(NC(=O)CCl)nn1. The molecule has 4 nitrogen and oxygen atoms in total. The van der Waals surface area contributed by atoms with E-state index in [1.807, 2.05) is 6.92 Å². The van der Waals surface area contributed by atoms with Crippen molar-refractivity contribution >= 4 is 23.3 Å². The fraction of sp³-hybridized carbons (Fsp3) is 0.286. The van der Waals surface area contributed by atoms with E-state index in [0.29, 0.717) is 5.82 Å². The molecule has 1 rings (SSSR count). The number of alkyl halides is 1. The number of halogens is 1. The number of hydrogen-bond acceptors (Lipinski definition) is 3. The zero-order chi connectivity index (χ0) is 8.97. The molecule has 0 radical (unpaired) electrons. The van der Waals surface area contributed by atoms with Crippen molar-refractivity contribution in [3.8, 4) is 0 Å². The Morgan fingerprint density at radius 3 is 2.83 bits per heavy atom. The van der Waals surface area contributed by atoms with Crippen molar-refractivity contribution in [1.29, 1.82) is 0 Å². The lowest BCUT2D eigenvalue weighted by atomic mass is 10.4. The van der Waals surface area contributed by atoms with E-state index in [1.54, 1.807) is 12.1 Å². The highest BCUT2D eigenvalue weighted by molar-refractivity contribution is 6.28. The van der Waals surface area contributed by atoms with Gasteiger partial charge in [-0.05, 0) is 19.1 Å². The molecule has 1 aromatic rings. The summed E-state index contributed by atoms with van der Waals surface area (Å²) in [5.74, 6) is 0.0660. The molecule has 0 fully saturated rings. The van der Waals surface area contributed by atoms with Crippen LogP contribution in [0.1, 0.15) is 5.69 Å². The molecule has 64 valence electrons. The fourth-order valence-corrected chi connectivity index (χ4v) is 0.709. The van der Waals surface area contributed by atoms with Gasteiger partial charge in [0.1, 0.15) is 5.88 Å². The minimum atomic E-state index is -0.283. The van der Waals surface area contributed by atoms with Gasteiger partial charge in [0.15, 0.2) is 5.82 Å². The smallest absolute Gasteiger partial charge is 0.240 e. The standard InChI is InChI=1S/C7H8ClN3O/c1-5-2-3-6(11-10-5)9-7(12)4-8/h2-3H,4H2,1H3,(H,9,11,12). The first-order chi connectivity index (χ1) is 5.72. The summed E-state index contributed by atoms with van der Waals surface area (Å²) in [6.45, 7) is 1.82. The Labute approximate surface area is 74.9 Å². The second-order valence-electron chi connectivity index (χ2n) is 2.24. The van der Waals surface area contributed by atoms with Crippen molar-refractivity contribution in [3.05, 3.63) is 17.8 Å². The Morgan fingerprint density at radius 2 is 2.33 bits per heavy atom. The van der Waals surface area contributed by atoms with E-state index < -0.39 is 0 Å². The molecule has 0 spiro atoms. The molecule has 5 heteroatoms. The lowest BCUT2D eigenvalue weighted by Crippen LogP contribution is -2.13. The molecular weight excluding hydrogens is 178 g/mol. The predicted octanol–water partition coefficient (Wildman–Crippen LogP) is 0.962. The quantitative estimate of drug-likeness (QED) is 0.699. The van der Waals surface area contributed by atoms with Gasteiger partial charge in [-0.2, -0.15) is 5.10 Å². The van der Waals surface area contributed by atoms with Gasteiger partial charge in [0.05, 0.1) is 5.69 Å². The number of carbonyl (C=O) groups is 1. The van der Waals surface area contributed by atoms with Gasteiger partial charge in [-0.25, -0.2) is 0 Å². The third-order valence-corrected chi connectivity index (χ3v) is 1.43. The summed E-state index contributed by atoms with van der Waals surface area (Å²) < 4.78 is 0. The number of carbonyl (C=O) groups excluding carboxylic acids is 1. The second kappa shape index (κ2) is 4.01. The number of aromatic nitrogens is 2. The summed E-state index contributed by atoms with van der Waals surface area (Å²) >= 11 is 5.27. The lowest BCUT2D eigenvalue weighted by molar-refractivity contribution is -0.113. The maximum absolute atomic E-state index is 10.8. The molecule has 1 N–H and O–H groups in total. The van der Waals surface area contributed by atoms with E-state index in [4.69, 9.17) is 11.6 Å². The van der Waals surface area contributed by atoms with E-state index in [9.17, 15) is 4.79 Å². The third-order valence-electron chi connectivity index (χ3n) is 1.19. The van der Waals surface area contributed by atoms with Gasteiger partial charge in [0.25, 0.3) is 0 Å². The van der Waals surface area contributed by atoms with Crippen LogP contribution in [0.4, 0.5) is 5.82 Å². The zero-order valence-corrected chi connectivity index (χ0v) is 7.30. The van der Waals surface area contributed by atoms with E-state index >= 15 is 0 Å². The Morgan fingerprint density at radius 1 is 1.58 bits per heavy atom. The predicted molar refractivity (Wildman–Crippen MR) is 46.1 cm³/mol. The molecule has 12 heavy (non-hydrogen) atoms. The second-order valence-corrected chi connectivity index (χ2v) is 2.51. The summed E-state index contributed by atoms with van der Waals surface area (Å²) in [6, 6.07) is 3.43. The van der Waals surface area contributed by atoms with Crippen molar-refractivity contribution in [2.45, 2.75) is 6.92 Å². The first-order valence-corrected chi connectivity index (χ1v) is 3.92. The number of amides is 1. The third kappa shape index (κ3) is 2.47. The van der Waals surface area contributed by atoms with E-state index in [-0.39, 0.29) is 11.8 Å². The van der Waals surface area contributed by atoms with Crippen LogP contribution in [-0.4, -0.2) is 22.0 Å². The Kier molecular flexibility index (Phi) is 2.99. The summed E-state index contributed by atoms with van der Waals surface area (Å²) in [5, 5.41) is 9.96. The van der Waals surface area contributed by atoms with Gasteiger partial charge in [0.2, 0.25) is 5.91 Å². The lowest BCUT2D eigenvalue weighted by Gasteiger charge is -1.99. The van der Waals surface area contributed by atoms with Crippen LogP contribution >= 0.6 is 11.6 Å². The van der Waals surface area contributed by atoms with Crippen LogP contribution in [0, 0.1) is 6.92 Å². The number of hydrogen-bond donors (Lipinski definition) is 1. The van der Waals surface area contributed by atoms with Crippen molar-refractivity contribution in [1.82, 2.24) is 10.2 Å². The molecule has 0 aliphatic carbocycles. The Bertz CT molecular complexity index is 272. The number of aryl methyl sites for hydroxylation is 1. The molecule has 0 saturated carbocycles. The van der Waals surface area contributed by atoms with Crippen LogP contribution in [0.5, 0.6) is 0 Å². The normalized spacial score (nSPS) is 9.50. The highest BCUT2D eigenvalue weighted by atomic mass is 35.5. The summed E-state index contributed by atoms with van der Waals surface area (Å²) in [5.41, 5.74) is 0.805. The summed E-state index contributed by atoms with van der Waals surface area (Å²) in [6.07, 6.45) is 0. The monoisotopic (exact) mass is 185 g/mol. The molecule has 0 bridgehead atoms. The van der Waals surface area contributed by atoms with Gasteiger partial charge >= 0.3 is 0 Å². The van der Waals surface area contributed by atoms with E-state index in [0.717, 1.165) is 5.69 Å². The highest BCUT2D eigenvalue weighted by Gasteiger charge is 1.99. The van der Waals surface area contributed by atoms with Crippen LogP contribution in [0.25, 0.3) is 0 Å². The highest BCUT2D eigenvalue weighted by Crippen LogP contribution is 2.00. The van der Waals surface area contributed by atoms with Crippen LogP contribution in [0.15, 0.2) is 12.1 Å². The average Bonchev–Trinajstić information content (AvgIpc) is 2.09. The number of nitrogens with zero attached hydrogens (tertiary/aromatic N) is 2.